The lowest BCUT2D eigenvalue weighted by Gasteiger charge is -2.28. The van der Waals surface area contributed by atoms with E-state index in [1.807, 2.05) is 38.1 Å². The molecule has 0 fully saturated rings. The van der Waals surface area contributed by atoms with Crippen LogP contribution in [0.3, 0.4) is 0 Å². The fourth-order valence-electron chi connectivity index (χ4n) is 2.20. The summed E-state index contributed by atoms with van der Waals surface area (Å²) in [6.07, 6.45) is -1.04. The molecule has 1 atom stereocenters. The molecule has 2 aromatic carbocycles. The highest BCUT2D eigenvalue weighted by Crippen LogP contribution is 2.29. The second-order valence-electron chi connectivity index (χ2n) is 5.88. The van der Waals surface area contributed by atoms with Crippen LogP contribution in [0.1, 0.15) is 21.5 Å². The van der Waals surface area contributed by atoms with E-state index >= 15 is 0 Å². The van der Waals surface area contributed by atoms with E-state index in [1.54, 1.807) is 18.2 Å². The topological polar surface area (TPSA) is 53.2 Å². The Morgan fingerprint density at radius 3 is 2.44 bits per heavy atom. The SMILES string of the molecule is Cc1ccc(C)c(NC(=S)N[C@@H](NC(=O)c2cccc(Br)c2)C(Cl)(Cl)Cl)c1. The Kier molecular flexibility index (Phi) is 7.77. The van der Waals surface area contributed by atoms with Gasteiger partial charge in [-0.3, -0.25) is 4.79 Å². The van der Waals surface area contributed by atoms with Gasteiger partial charge in [0.1, 0.15) is 6.17 Å². The molecule has 0 unspecified atom stereocenters. The largest absolute Gasteiger partial charge is 0.339 e. The van der Waals surface area contributed by atoms with Crippen molar-refractivity contribution in [3.8, 4) is 0 Å². The molecule has 1 amide bonds. The predicted molar refractivity (Wildman–Crippen MR) is 121 cm³/mol. The van der Waals surface area contributed by atoms with E-state index in [9.17, 15) is 4.79 Å². The van der Waals surface area contributed by atoms with Gasteiger partial charge < -0.3 is 16.0 Å². The second kappa shape index (κ2) is 9.43. The molecule has 2 aromatic rings. The number of thiocarbonyl (C=S) groups is 1. The summed E-state index contributed by atoms with van der Waals surface area (Å²) in [7, 11) is 0. The first-order valence-electron chi connectivity index (χ1n) is 7.84. The van der Waals surface area contributed by atoms with Gasteiger partial charge in [-0.2, -0.15) is 0 Å². The number of benzene rings is 2. The van der Waals surface area contributed by atoms with E-state index in [1.165, 1.54) is 0 Å². The molecule has 27 heavy (non-hydrogen) atoms. The highest BCUT2D eigenvalue weighted by molar-refractivity contribution is 9.10. The summed E-state index contributed by atoms with van der Waals surface area (Å²) in [6, 6.07) is 12.8. The number of carbonyl (C=O) groups is 1. The van der Waals surface area contributed by atoms with Crippen LogP contribution >= 0.6 is 63.0 Å². The molecule has 2 rings (SSSR count). The Morgan fingerprint density at radius 1 is 1.11 bits per heavy atom. The summed E-state index contributed by atoms with van der Waals surface area (Å²) in [5, 5.41) is 8.78. The zero-order valence-electron chi connectivity index (χ0n) is 14.4. The summed E-state index contributed by atoms with van der Waals surface area (Å²) < 4.78 is -1.06. The van der Waals surface area contributed by atoms with Gasteiger partial charge in [0.2, 0.25) is 3.79 Å². The lowest BCUT2D eigenvalue weighted by molar-refractivity contribution is 0.0934. The molecule has 0 aliphatic heterocycles. The summed E-state index contributed by atoms with van der Waals surface area (Å²) in [4.78, 5) is 12.5. The average molecular weight is 510 g/mol. The molecule has 9 heteroatoms. The van der Waals surface area contributed by atoms with Crippen LogP contribution in [0.2, 0.25) is 0 Å². The number of nitrogens with one attached hydrogen (secondary N) is 3. The quantitative estimate of drug-likeness (QED) is 0.290. The van der Waals surface area contributed by atoms with E-state index in [0.717, 1.165) is 21.3 Å². The smallest absolute Gasteiger partial charge is 0.253 e. The summed E-state index contributed by atoms with van der Waals surface area (Å²) in [6.45, 7) is 3.93. The van der Waals surface area contributed by atoms with Crippen LogP contribution in [0.4, 0.5) is 5.69 Å². The zero-order chi connectivity index (χ0) is 20.2. The molecule has 144 valence electrons. The van der Waals surface area contributed by atoms with Crippen molar-refractivity contribution in [1.82, 2.24) is 10.6 Å². The van der Waals surface area contributed by atoms with Crippen molar-refractivity contribution in [2.24, 2.45) is 0 Å². The molecule has 0 aliphatic carbocycles. The van der Waals surface area contributed by atoms with Gasteiger partial charge in [0.15, 0.2) is 5.11 Å². The van der Waals surface area contributed by atoms with Crippen LogP contribution < -0.4 is 16.0 Å². The minimum atomic E-state index is -1.82. The fourth-order valence-corrected chi connectivity index (χ4v) is 3.16. The van der Waals surface area contributed by atoms with Gasteiger partial charge in [-0.1, -0.05) is 68.9 Å². The van der Waals surface area contributed by atoms with Crippen molar-refractivity contribution in [2.45, 2.75) is 23.8 Å². The second-order valence-corrected chi connectivity index (χ2v) is 9.57. The molecular weight excluding hydrogens is 493 g/mol. The molecular formula is C18H17BrCl3N3OS. The third-order valence-electron chi connectivity index (χ3n) is 3.61. The third kappa shape index (κ3) is 6.80. The zero-order valence-corrected chi connectivity index (χ0v) is 19.1. The van der Waals surface area contributed by atoms with Crippen LogP contribution in [-0.2, 0) is 0 Å². The minimum Gasteiger partial charge on any atom is -0.339 e. The molecule has 0 aromatic heterocycles. The average Bonchev–Trinajstić information content (AvgIpc) is 2.56. The molecule has 4 nitrogen and oxygen atoms in total. The van der Waals surface area contributed by atoms with Crippen molar-refractivity contribution in [3.05, 3.63) is 63.6 Å². The number of hydrogen-bond acceptors (Lipinski definition) is 2. The Morgan fingerprint density at radius 2 is 1.81 bits per heavy atom. The number of hydrogen-bond donors (Lipinski definition) is 3. The van der Waals surface area contributed by atoms with Crippen molar-refractivity contribution in [2.75, 3.05) is 5.32 Å². The Labute approximate surface area is 187 Å². The van der Waals surface area contributed by atoms with Crippen molar-refractivity contribution in [3.63, 3.8) is 0 Å². The number of amides is 1. The van der Waals surface area contributed by atoms with Crippen molar-refractivity contribution >= 4 is 79.7 Å². The molecule has 0 heterocycles. The third-order valence-corrected chi connectivity index (χ3v) is 4.97. The number of anilines is 1. The molecule has 0 bridgehead atoms. The van der Waals surface area contributed by atoms with Crippen molar-refractivity contribution in [1.29, 1.82) is 0 Å². The predicted octanol–water partition coefficient (Wildman–Crippen LogP) is 5.48. The van der Waals surface area contributed by atoms with Crippen molar-refractivity contribution < 1.29 is 4.79 Å². The molecule has 0 aliphatic rings. The molecule has 0 radical (unpaired) electrons. The van der Waals surface area contributed by atoms with Crippen LogP contribution in [0.15, 0.2) is 46.9 Å². The standard InChI is InChI=1S/C18H17BrCl3N3OS/c1-10-6-7-11(2)14(8-10)23-17(27)25-16(18(20,21)22)24-15(26)12-4-3-5-13(19)9-12/h3-9,16H,1-2H3,(H,24,26)(H2,23,25,27)/t16-/m1/s1. The Balaban J connectivity index is 2.11. The van der Waals surface area contributed by atoms with E-state index in [2.05, 4.69) is 31.9 Å². The maximum Gasteiger partial charge on any atom is 0.253 e. The Bertz CT molecular complexity index is 858. The molecule has 0 saturated carbocycles. The van der Waals surface area contributed by atoms with Gasteiger partial charge in [0, 0.05) is 15.7 Å². The molecule has 0 spiro atoms. The van der Waals surface area contributed by atoms with Gasteiger partial charge in [-0.15, -0.1) is 0 Å². The van der Waals surface area contributed by atoms with E-state index in [0.29, 0.717) is 5.56 Å². The molecule has 3 N–H and O–H groups in total. The Hall–Kier alpha value is -1.05. The first kappa shape index (κ1) is 22.2. The van der Waals surface area contributed by atoms with Crippen LogP contribution in [0, 0.1) is 13.8 Å². The van der Waals surface area contributed by atoms with Gasteiger partial charge in [0.25, 0.3) is 5.91 Å². The number of aryl methyl sites for hydroxylation is 2. The normalized spacial score (nSPS) is 12.2. The van der Waals surface area contributed by atoms with Crippen LogP contribution in [-0.4, -0.2) is 21.0 Å². The van der Waals surface area contributed by atoms with E-state index < -0.39 is 15.9 Å². The number of rotatable bonds is 4. The van der Waals surface area contributed by atoms with E-state index in [4.69, 9.17) is 47.0 Å². The first-order chi connectivity index (χ1) is 12.6. The van der Waals surface area contributed by atoms with Gasteiger partial charge in [-0.05, 0) is 61.5 Å². The highest BCUT2D eigenvalue weighted by atomic mass is 79.9. The van der Waals surface area contributed by atoms with Gasteiger partial charge >= 0.3 is 0 Å². The number of carbonyl (C=O) groups excluding carboxylic acids is 1. The van der Waals surface area contributed by atoms with Crippen LogP contribution in [0.25, 0.3) is 0 Å². The van der Waals surface area contributed by atoms with Gasteiger partial charge in [-0.25, -0.2) is 0 Å². The summed E-state index contributed by atoms with van der Waals surface area (Å²) in [5.74, 6) is -0.408. The van der Waals surface area contributed by atoms with E-state index in [-0.39, 0.29) is 5.11 Å². The van der Waals surface area contributed by atoms with Gasteiger partial charge in [0.05, 0.1) is 0 Å². The maximum atomic E-state index is 12.5. The maximum absolute atomic E-state index is 12.5. The summed E-state index contributed by atoms with van der Waals surface area (Å²) in [5.41, 5.74) is 3.33. The number of halogens is 4. The highest BCUT2D eigenvalue weighted by Gasteiger charge is 2.35. The molecule has 0 saturated heterocycles. The minimum absolute atomic E-state index is 0.217. The summed E-state index contributed by atoms with van der Waals surface area (Å²) >= 11 is 26.7. The lowest BCUT2D eigenvalue weighted by atomic mass is 10.1. The fraction of sp³-hybridized carbons (Fsp3) is 0.222. The monoisotopic (exact) mass is 507 g/mol. The van der Waals surface area contributed by atoms with Crippen LogP contribution in [0.5, 0.6) is 0 Å². The first-order valence-corrected chi connectivity index (χ1v) is 10.2. The lowest BCUT2D eigenvalue weighted by Crippen LogP contribution is -2.56. The number of alkyl halides is 3.